The molecule has 1 aliphatic rings. The second-order valence-corrected chi connectivity index (χ2v) is 11.8. The van der Waals surface area contributed by atoms with E-state index in [1.807, 2.05) is 59.5 Å². The van der Waals surface area contributed by atoms with Crippen molar-refractivity contribution in [2.24, 2.45) is 0 Å². The van der Waals surface area contributed by atoms with E-state index < -0.39 is 0 Å². The van der Waals surface area contributed by atoms with Gasteiger partial charge in [-0.05, 0) is 96.4 Å². The number of rotatable bonds is 13. The molecule has 1 fully saturated rings. The first-order valence-electron chi connectivity index (χ1n) is 14.7. The number of likely N-dealkylation sites (tertiary alicyclic amines) is 1. The van der Waals surface area contributed by atoms with Gasteiger partial charge in [-0.25, -0.2) is 0 Å². The lowest BCUT2D eigenvalue weighted by atomic mass is 10.0. The van der Waals surface area contributed by atoms with Gasteiger partial charge in [0, 0.05) is 36.6 Å². The molecule has 0 atom stereocenters. The number of benzene rings is 3. The van der Waals surface area contributed by atoms with Gasteiger partial charge in [0.25, 0.3) is 5.91 Å². The van der Waals surface area contributed by atoms with Gasteiger partial charge in [0.1, 0.15) is 5.75 Å². The number of methoxy groups -OCH3 is 1. The summed E-state index contributed by atoms with van der Waals surface area (Å²) in [6.07, 6.45) is 3.65. The minimum absolute atomic E-state index is 0.0453. The quantitative estimate of drug-likeness (QED) is 0.208. The predicted molar refractivity (Wildman–Crippen MR) is 170 cm³/mol. The molecule has 6 nitrogen and oxygen atoms in total. The van der Waals surface area contributed by atoms with Crippen LogP contribution in [0.2, 0.25) is 0 Å². The van der Waals surface area contributed by atoms with Crippen LogP contribution in [0.4, 0.5) is 0 Å². The van der Waals surface area contributed by atoms with E-state index >= 15 is 0 Å². The number of carbonyl (C=O) groups is 2. The van der Waals surface area contributed by atoms with Crippen molar-refractivity contribution in [3.05, 3.63) is 112 Å². The van der Waals surface area contributed by atoms with Crippen molar-refractivity contribution in [2.75, 3.05) is 39.8 Å². The fourth-order valence-corrected chi connectivity index (χ4v) is 6.07. The zero-order valence-electron chi connectivity index (χ0n) is 24.3. The van der Waals surface area contributed by atoms with Crippen molar-refractivity contribution in [2.45, 2.75) is 32.2 Å². The maximum absolute atomic E-state index is 13.5. The van der Waals surface area contributed by atoms with E-state index in [9.17, 15) is 9.59 Å². The van der Waals surface area contributed by atoms with Gasteiger partial charge < -0.3 is 19.9 Å². The molecule has 218 valence electrons. The number of carbonyl (C=O) groups excluding carboxylic acids is 2. The predicted octanol–water partition coefficient (Wildman–Crippen LogP) is 6.06. The van der Waals surface area contributed by atoms with Gasteiger partial charge >= 0.3 is 0 Å². The number of nitrogens with one attached hydrogen (secondary N) is 1. The molecular weight excluding hydrogens is 542 g/mol. The van der Waals surface area contributed by atoms with Crippen molar-refractivity contribution >= 4 is 23.2 Å². The van der Waals surface area contributed by atoms with E-state index in [0.29, 0.717) is 31.6 Å². The van der Waals surface area contributed by atoms with Gasteiger partial charge in [-0.1, -0.05) is 48.5 Å². The minimum Gasteiger partial charge on any atom is -0.497 e. The molecule has 3 aromatic carbocycles. The van der Waals surface area contributed by atoms with E-state index in [-0.39, 0.29) is 11.8 Å². The van der Waals surface area contributed by atoms with Crippen molar-refractivity contribution in [1.29, 1.82) is 0 Å². The van der Waals surface area contributed by atoms with Crippen LogP contribution >= 0.6 is 11.3 Å². The van der Waals surface area contributed by atoms with E-state index in [2.05, 4.69) is 45.9 Å². The van der Waals surface area contributed by atoms with Crippen molar-refractivity contribution in [3.63, 3.8) is 0 Å². The second kappa shape index (κ2) is 14.8. The molecular formula is C35H39N3O3S. The third-order valence-corrected chi connectivity index (χ3v) is 8.68. The molecule has 2 amide bonds. The van der Waals surface area contributed by atoms with Gasteiger partial charge in [0.2, 0.25) is 5.91 Å². The summed E-state index contributed by atoms with van der Waals surface area (Å²) in [5.74, 6) is 0.826. The van der Waals surface area contributed by atoms with Gasteiger partial charge in [0.05, 0.1) is 13.5 Å². The normalized spacial score (nSPS) is 13.2. The van der Waals surface area contributed by atoms with Gasteiger partial charge in [-0.15, -0.1) is 11.3 Å². The standard InChI is InChI=1S/C35H39N3O3S/c1-41-32-14-12-27(13-15-32)24-34(39)38(20-16-33-11-6-22-42-33)26-28-7-4-8-29(23-28)30-9-5-10-31(25-30)35(40)36-17-21-37-18-2-3-19-37/h4-15,22-23,25H,2-3,16-21,24,26H2,1H3,(H,36,40). The molecule has 0 unspecified atom stereocenters. The average Bonchev–Trinajstić information content (AvgIpc) is 3.75. The van der Waals surface area contributed by atoms with Gasteiger partial charge in [-0.2, -0.15) is 0 Å². The molecule has 5 rings (SSSR count). The topological polar surface area (TPSA) is 61.9 Å². The van der Waals surface area contributed by atoms with E-state index in [1.165, 1.54) is 17.7 Å². The molecule has 0 saturated carbocycles. The third kappa shape index (κ3) is 8.30. The van der Waals surface area contributed by atoms with Crippen LogP contribution in [0.25, 0.3) is 11.1 Å². The maximum Gasteiger partial charge on any atom is 0.251 e. The lowest BCUT2D eigenvalue weighted by Crippen LogP contribution is -2.33. The number of thiophene rings is 1. The molecule has 1 aromatic heterocycles. The lowest BCUT2D eigenvalue weighted by Gasteiger charge is -2.23. The molecule has 0 bridgehead atoms. The van der Waals surface area contributed by atoms with Crippen LogP contribution in [0.15, 0.2) is 90.3 Å². The van der Waals surface area contributed by atoms with Crippen LogP contribution in [0.1, 0.15) is 39.2 Å². The third-order valence-electron chi connectivity index (χ3n) is 7.75. The first kappa shape index (κ1) is 29.5. The fraction of sp³-hybridized carbons (Fsp3) is 0.314. The van der Waals surface area contributed by atoms with Crippen molar-refractivity contribution in [1.82, 2.24) is 15.1 Å². The molecule has 0 spiro atoms. The lowest BCUT2D eigenvalue weighted by molar-refractivity contribution is -0.131. The van der Waals surface area contributed by atoms with Crippen LogP contribution in [0.5, 0.6) is 5.75 Å². The highest BCUT2D eigenvalue weighted by atomic mass is 32.1. The highest BCUT2D eigenvalue weighted by Gasteiger charge is 2.17. The number of hydrogen-bond acceptors (Lipinski definition) is 5. The Hall–Kier alpha value is -3.94. The number of hydrogen-bond donors (Lipinski definition) is 1. The van der Waals surface area contributed by atoms with E-state index in [0.717, 1.165) is 54.1 Å². The zero-order valence-corrected chi connectivity index (χ0v) is 25.1. The second-order valence-electron chi connectivity index (χ2n) is 10.8. The fourth-order valence-electron chi connectivity index (χ4n) is 5.37. The van der Waals surface area contributed by atoms with Crippen LogP contribution in [0.3, 0.4) is 0 Å². The summed E-state index contributed by atoms with van der Waals surface area (Å²) in [5, 5.41) is 5.15. The Bertz CT molecular complexity index is 1450. The Morgan fingerprint density at radius 2 is 1.67 bits per heavy atom. The number of ether oxygens (including phenoxy) is 1. The Morgan fingerprint density at radius 3 is 2.40 bits per heavy atom. The molecule has 1 N–H and O–H groups in total. The summed E-state index contributed by atoms with van der Waals surface area (Å²) in [7, 11) is 1.64. The molecule has 1 aliphatic heterocycles. The Balaban J connectivity index is 1.26. The number of nitrogens with zero attached hydrogens (tertiary/aromatic N) is 2. The first-order chi connectivity index (χ1) is 20.6. The summed E-state index contributed by atoms with van der Waals surface area (Å²) in [6.45, 7) is 4.97. The molecule has 7 heteroatoms. The highest BCUT2D eigenvalue weighted by Crippen LogP contribution is 2.23. The summed E-state index contributed by atoms with van der Waals surface area (Å²) in [4.78, 5) is 32.0. The van der Waals surface area contributed by atoms with E-state index in [1.54, 1.807) is 18.4 Å². The molecule has 42 heavy (non-hydrogen) atoms. The first-order valence-corrected chi connectivity index (χ1v) is 15.6. The van der Waals surface area contributed by atoms with Gasteiger partial charge in [-0.3, -0.25) is 9.59 Å². The zero-order chi connectivity index (χ0) is 29.1. The van der Waals surface area contributed by atoms with Crippen LogP contribution in [-0.4, -0.2) is 61.4 Å². The summed E-state index contributed by atoms with van der Waals surface area (Å²) in [5.41, 5.74) is 4.69. The van der Waals surface area contributed by atoms with Crippen LogP contribution < -0.4 is 10.1 Å². The molecule has 0 radical (unpaired) electrons. The molecule has 2 heterocycles. The number of amides is 2. The molecule has 1 saturated heterocycles. The summed E-state index contributed by atoms with van der Waals surface area (Å²) >= 11 is 1.72. The van der Waals surface area contributed by atoms with Crippen LogP contribution in [0, 0.1) is 0 Å². The van der Waals surface area contributed by atoms with Gasteiger partial charge in [0.15, 0.2) is 0 Å². The smallest absolute Gasteiger partial charge is 0.251 e. The Morgan fingerprint density at radius 1 is 0.905 bits per heavy atom. The Kier molecular flexibility index (Phi) is 10.4. The SMILES string of the molecule is COc1ccc(CC(=O)N(CCc2cccs2)Cc2cccc(-c3cccc(C(=O)NCCN4CCCC4)c3)c2)cc1. The Labute approximate surface area is 252 Å². The minimum atomic E-state index is -0.0453. The molecule has 4 aromatic rings. The largest absolute Gasteiger partial charge is 0.497 e. The van der Waals surface area contributed by atoms with E-state index in [4.69, 9.17) is 4.74 Å². The highest BCUT2D eigenvalue weighted by molar-refractivity contribution is 7.09. The summed E-state index contributed by atoms with van der Waals surface area (Å²) < 4.78 is 5.27. The van der Waals surface area contributed by atoms with Crippen molar-refractivity contribution in [3.8, 4) is 16.9 Å². The maximum atomic E-state index is 13.5. The van der Waals surface area contributed by atoms with Crippen LogP contribution in [-0.2, 0) is 24.2 Å². The van der Waals surface area contributed by atoms with Crippen molar-refractivity contribution < 1.29 is 14.3 Å². The average molecular weight is 582 g/mol. The summed E-state index contributed by atoms with van der Waals surface area (Å²) in [6, 6.07) is 27.9. The monoisotopic (exact) mass is 581 g/mol. The molecule has 0 aliphatic carbocycles.